The van der Waals surface area contributed by atoms with E-state index in [0.29, 0.717) is 12.2 Å². The second kappa shape index (κ2) is 9.91. The standard InChI is InChI=1S/C17H25N5O3S/c1-26-10-8-13(19-17(18)25)16(24)21-20-15(23)11-22-9-4-6-12-5-2-3-7-14(12)22/h2-3,5,7,13H,4,6,8-11H2,1H3,(H,20,23)(H,21,24)(H3,18,19,25)/t13-/m1/s1. The second-order valence-corrected chi connectivity index (χ2v) is 7.02. The van der Waals surface area contributed by atoms with E-state index in [0.717, 1.165) is 25.1 Å². The molecule has 26 heavy (non-hydrogen) atoms. The lowest BCUT2D eigenvalue weighted by Crippen LogP contribution is -2.55. The van der Waals surface area contributed by atoms with Crippen LogP contribution in [0.2, 0.25) is 0 Å². The molecule has 0 aliphatic carbocycles. The summed E-state index contributed by atoms with van der Waals surface area (Å²) in [7, 11) is 0. The molecular formula is C17H25N5O3S. The van der Waals surface area contributed by atoms with Crippen molar-refractivity contribution < 1.29 is 14.4 Å². The lowest BCUT2D eigenvalue weighted by molar-refractivity contribution is -0.129. The van der Waals surface area contributed by atoms with Gasteiger partial charge in [0.25, 0.3) is 11.8 Å². The molecule has 0 saturated carbocycles. The van der Waals surface area contributed by atoms with Crippen LogP contribution in [0.25, 0.3) is 0 Å². The Balaban J connectivity index is 1.86. The SMILES string of the molecule is CSCC[C@@H](NC(N)=O)C(=O)NNC(=O)CN1CCCc2ccccc21. The van der Waals surface area contributed by atoms with Crippen LogP contribution < -0.4 is 26.8 Å². The number of para-hydroxylation sites is 1. The van der Waals surface area contributed by atoms with Crippen LogP contribution in [-0.4, -0.2) is 49.0 Å². The summed E-state index contributed by atoms with van der Waals surface area (Å²) < 4.78 is 0. The summed E-state index contributed by atoms with van der Waals surface area (Å²) in [5.74, 6) is -0.139. The zero-order chi connectivity index (χ0) is 18.9. The van der Waals surface area contributed by atoms with Crippen molar-refractivity contribution in [3.8, 4) is 0 Å². The predicted octanol–water partition coefficient (Wildman–Crippen LogP) is 0.377. The Morgan fingerprint density at radius 2 is 2.04 bits per heavy atom. The first kappa shape index (κ1) is 19.9. The van der Waals surface area contributed by atoms with E-state index >= 15 is 0 Å². The number of hydrazine groups is 1. The van der Waals surface area contributed by atoms with Crippen LogP contribution >= 0.6 is 11.8 Å². The van der Waals surface area contributed by atoms with Gasteiger partial charge in [-0.25, -0.2) is 4.79 Å². The second-order valence-electron chi connectivity index (χ2n) is 6.03. The topological polar surface area (TPSA) is 117 Å². The van der Waals surface area contributed by atoms with Crippen molar-refractivity contribution in [3.63, 3.8) is 0 Å². The van der Waals surface area contributed by atoms with E-state index < -0.39 is 18.0 Å². The summed E-state index contributed by atoms with van der Waals surface area (Å²) in [6.45, 7) is 0.938. The number of carbonyl (C=O) groups excluding carboxylic acids is 3. The number of anilines is 1. The number of amides is 4. The van der Waals surface area contributed by atoms with Crippen molar-refractivity contribution in [2.24, 2.45) is 5.73 Å². The lowest BCUT2D eigenvalue weighted by atomic mass is 10.0. The van der Waals surface area contributed by atoms with Crippen LogP contribution in [0.3, 0.4) is 0 Å². The summed E-state index contributed by atoms with van der Waals surface area (Å²) in [4.78, 5) is 37.4. The van der Waals surface area contributed by atoms with Gasteiger partial charge < -0.3 is 16.0 Å². The van der Waals surface area contributed by atoms with Crippen molar-refractivity contribution in [1.29, 1.82) is 0 Å². The molecule has 0 saturated heterocycles. The molecule has 9 heteroatoms. The molecule has 4 amide bonds. The molecule has 1 heterocycles. The number of nitrogens with one attached hydrogen (secondary N) is 3. The number of nitrogens with two attached hydrogens (primary N) is 1. The molecule has 0 unspecified atom stereocenters. The van der Waals surface area contributed by atoms with E-state index in [1.54, 1.807) is 11.8 Å². The summed E-state index contributed by atoms with van der Waals surface area (Å²) >= 11 is 1.55. The fraction of sp³-hybridized carbons (Fsp3) is 0.471. The number of hydrogen-bond donors (Lipinski definition) is 4. The van der Waals surface area contributed by atoms with Gasteiger partial charge in [-0.3, -0.25) is 20.4 Å². The van der Waals surface area contributed by atoms with Gasteiger partial charge >= 0.3 is 6.03 Å². The lowest BCUT2D eigenvalue weighted by Gasteiger charge is -2.30. The highest BCUT2D eigenvalue weighted by atomic mass is 32.2. The van der Waals surface area contributed by atoms with Gasteiger partial charge in [0, 0.05) is 12.2 Å². The Hall–Kier alpha value is -2.42. The third-order valence-corrected chi connectivity index (χ3v) is 4.75. The number of rotatable bonds is 7. The van der Waals surface area contributed by atoms with Crippen molar-refractivity contribution in [2.45, 2.75) is 25.3 Å². The molecule has 0 spiro atoms. The highest BCUT2D eigenvalue weighted by molar-refractivity contribution is 7.98. The molecule has 1 aromatic carbocycles. The highest BCUT2D eigenvalue weighted by Gasteiger charge is 2.21. The van der Waals surface area contributed by atoms with Crippen LogP contribution in [0.15, 0.2) is 24.3 Å². The molecule has 2 rings (SSSR count). The Labute approximate surface area is 157 Å². The minimum Gasteiger partial charge on any atom is -0.362 e. The summed E-state index contributed by atoms with van der Waals surface area (Å²) in [5.41, 5.74) is 12.1. The van der Waals surface area contributed by atoms with E-state index in [2.05, 4.69) is 22.2 Å². The van der Waals surface area contributed by atoms with Crippen molar-refractivity contribution in [3.05, 3.63) is 29.8 Å². The maximum absolute atomic E-state index is 12.2. The Morgan fingerprint density at radius 3 is 2.77 bits per heavy atom. The summed E-state index contributed by atoms with van der Waals surface area (Å²) in [5, 5.41) is 2.38. The van der Waals surface area contributed by atoms with Gasteiger partial charge in [-0.05, 0) is 42.9 Å². The minimum absolute atomic E-state index is 0.149. The van der Waals surface area contributed by atoms with Gasteiger partial charge in [0.05, 0.1) is 6.54 Å². The zero-order valence-electron chi connectivity index (χ0n) is 14.8. The molecule has 5 N–H and O–H groups in total. The largest absolute Gasteiger partial charge is 0.362 e. The van der Waals surface area contributed by atoms with Crippen LogP contribution in [0.5, 0.6) is 0 Å². The number of hydrogen-bond acceptors (Lipinski definition) is 5. The Kier molecular flexibility index (Phi) is 7.58. The number of aryl methyl sites for hydroxylation is 1. The third-order valence-electron chi connectivity index (χ3n) is 4.11. The van der Waals surface area contributed by atoms with Crippen LogP contribution in [0, 0.1) is 0 Å². The predicted molar refractivity (Wildman–Crippen MR) is 103 cm³/mol. The van der Waals surface area contributed by atoms with Crippen molar-refractivity contribution in [2.75, 3.05) is 30.0 Å². The molecule has 1 atom stereocenters. The van der Waals surface area contributed by atoms with E-state index in [4.69, 9.17) is 5.73 Å². The molecule has 0 radical (unpaired) electrons. The van der Waals surface area contributed by atoms with Crippen molar-refractivity contribution >= 4 is 35.3 Å². The molecule has 0 bridgehead atoms. The van der Waals surface area contributed by atoms with E-state index in [9.17, 15) is 14.4 Å². The number of carbonyl (C=O) groups is 3. The van der Waals surface area contributed by atoms with Gasteiger partial charge in [-0.1, -0.05) is 18.2 Å². The molecule has 8 nitrogen and oxygen atoms in total. The quantitative estimate of drug-likeness (QED) is 0.511. The molecular weight excluding hydrogens is 354 g/mol. The Bertz CT molecular complexity index is 655. The fourth-order valence-electron chi connectivity index (χ4n) is 2.88. The average molecular weight is 379 g/mol. The highest BCUT2D eigenvalue weighted by Crippen LogP contribution is 2.26. The molecule has 0 aromatic heterocycles. The van der Waals surface area contributed by atoms with Gasteiger partial charge in [0.2, 0.25) is 0 Å². The maximum atomic E-state index is 12.2. The summed E-state index contributed by atoms with van der Waals surface area (Å²) in [6.07, 6.45) is 4.31. The molecule has 1 aliphatic rings. The number of benzene rings is 1. The van der Waals surface area contributed by atoms with Crippen LogP contribution in [0.4, 0.5) is 10.5 Å². The number of primary amides is 1. The minimum atomic E-state index is -0.782. The first-order valence-electron chi connectivity index (χ1n) is 8.47. The van der Waals surface area contributed by atoms with Gasteiger partial charge in [-0.15, -0.1) is 0 Å². The van der Waals surface area contributed by atoms with E-state index in [1.807, 2.05) is 29.4 Å². The first-order chi connectivity index (χ1) is 12.5. The number of nitrogens with zero attached hydrogens (tertiary/aromatic N) is 1. The van der Waals surface area contributed by atoms with Gasteiger partial charge in [0.15, 0.2) is 0 Å². The monoisotopic (exact) mass is 379 g/mol. The smallest absolute Gasteiger partial charge is 0.312 e. The van der Waals surface area contributed by atoms with Crippen molar-refractivity contribution in [1.82, 2.24) is 16.2 Å². The normalized spacial score (nSPS) is 14.1. The number of urea groups is 1. The van der Waals surface area contributed by atoms with Gasteiger partial charge in [-0.2, -0.15) is 11.8 Å². The van der Waals surface area contributed by atoms with E-state index in [-0.39, 0.29) is 12.5 Å². The average Bonchev–Trinajstić information content (AvgIpc) is 2.63. The molecule has 142 valence electrons. The van der Waals surface area contributed by atoms with Crippen LogP contribution in [-0.2, 0) is 16.0 Å². The number of thioether (sulfide) groups is 1. The van der Waals surface area contributed by atoms with Gasteiger partial charge in [0.1, 0.15) is 6.04 Å². The fourth-order valence-corrected chi connectivity index (χ4v) is 3.35. The molecule has 1 aliphatic heterocycles. The Morgan fingerprint density at radius 1 is 1.27 bits per heavy atom. The number of fused-ring (bicyclic) bond motifs is 1. The zero-order valence-corrected chi connectivity index (χ0v) is 15.6. The molecule has 1 aromatic rings. The van der Waals surface area contributed by atoms with E-state index in [1.165, 1.54) is 5.56 Å². The first-order valence-corrected chi connectivity index (χ1v) is 9.87. The third kappa shape index (κ3) is 5.83. The maximum Gasteiger partial charge on any atom is 0.312 e. The summed E-state index contributed by atoms with van der Waals surface area (Å²) in [6, 6.07) is 6.44. The molecule has 0 fully saturated rings. The van der Waals surface area contributed by atoms with Crippen LogP contribution in [0.1, 0.15) is 18.4 Å².